The van der Waals surface area contributed by atoms with Crippen LogP contribution in [0.15, 0.2) is 42.5 Å². The van der Waals surface area contributed by atoms with Crippen molar-refractivity contribution in [1.29, 1.82) is 0 Å². The topological polar surface area (TPSA) is 57.6 Å². The van der Waals surface area contributed by atoms with E-state index in [4.69, 9.17) is 5.11 Å². The van der Waals surface area contributed by atoms with Gasteiger partial charge in [0.05, 0.1) is 5.56 Å². The van der Waals surface area contributed by atoms with Gasteiger partial charge in [-0.3, -0.25) is 4.79 Å². The Morgan fingerprint density at radius 2 is 2.04 bits per heavy atom. The summed E-state index contributed by atoms with van der Waals surface area (Å²) in [5, 5.41) is 9.13. The van der Waals surface area contributed by atoms with Crippen molar-refractivity contribution in [1.82, 2.24) is 0 Å². The SMILES string of the molecule is O=C(O)c1cccc(CN2CC3CCC(=O)c4cccc2c43)c1. The average molecular weight is 307 g/mol. The average Bonchev–Trinajstić information content (AvgIpc) is 2.91. The second kappa shape index (κ2) is 5.23. The first kappa shape index (κ1) is 14.0. The Hall–Kier alpha value is -2.62. The number of aromatic carboxylic acids is 1. The molecule has 4 nitrogen and oxygen atoms in total. The van der Waals surface area contributed by atoms with Gasteiger partial charge >= 0.3 is 5.97 Å². The molecule has 2 aliphatic rings. The minimum absolute atomic E-state index is 0.243. The normalized spacial score (nSPS) is 18.9. The van der Waals surface area contributed by atoms with Crippen LogP contribution in [0.5, 0.6) is 0 Å². The van der Waals surface area contributed by atoms with Gasteiger partial charge in [0, 0.05) is 36.7 Å². The molecular weight excluding hydrogens is 290 g/mol. The Labute approximate surface area is 134 Å². The zero-order chi connectivity index (χ0) is 16.0. The predicted octanol–water partition coefficient (Wildman–Crippen LogP) is 3.47. The first-order chi connectivity index (χ1) is 11.1. The van der Waals surface area contributed by atoms with Gasteiger partial charge in [-0.2, -0.15) is 0 Å². The number of benzene rings is 2. The number of anilines is 1. The molecular formula is C19H17NO3. The van der Waals surface area contributed by atoms with E-state index in [9.17, 15) is 9.59 Å². The van der Waals surface area contributed by atoms with Crippen LogP contribution in [0.25, 0.3) is 0 Å². The van der Waals surface area contributed by atoms with Crippen LogP contribution in [0.2, 0.25) is 0 Å². The van der Waals surface area contributed by atoms with Gasteiger partial charge in [-0.15, -0.1) is 0 Å². The van der Waals surface area contributed by atoms with Crippen LogP contribution >= 0.6 is 0 Å². The Kier molecular flexibility index (Phi) is 3.18. The summed E-state index contributed by atoms with van der Waals surface area (Å²) < 4.78 is 0. The Morgan fingerprint density at radius 3 is 2.87 bits per heavy atom. The van der Waals surface area contributed by atoms with Gasteiger partial charge in [-0.05, 0) is 35.7 Å². The molecule has 0 radical (unpaired) electrons. The highest BCUT2D eigenvalue weighted by Crippen LogP contribution is 2.44. The maximum Gasteiger partial charge on any atom is 0.335 e. The van der Waals surface area contributed by atoms with E-state index in [0.717, 1.165) is 29.8 Å². The Bertz CT molecular complexity index is 812. The summed E-state index contributed by atoms with van der Waals surface area (Å²) in [5.74, 6) is -0.244. The number of nitrogens with zero attached hydrogens (tertiary/aromatic N) is 1. The Morgan fingerprint density at radius 1 is 1.22 bits per heavy atom. The van der Waals surface area contributed by atoms with E-state index in [-0.39, 0.29) is 5.78 Å². The summed E-state index contributed by atoms with van der Waals surface area (Å²) in [6.07, 6.45) is 1.54. The number of hydrogen-bond donors (Lipinski definition) is 1. The van der Waals surface area contributed by atoms with E-state index in [1.54, 1.807) is 18.2 Å². The molecule has 0 aromatic heterocycles. The summed E-state index contributed by atoms with van der Waals surface area (Å²) >= 11 is 0. The van der Waals surface area contributed by atoms with Gasteiger partial charge < -0.3 is 10.0 Å². The van der Waals surface area contributed by atoms with Gasteiger partial charge in [0.15, 0.2) is 5.78 Å². The quantitative estimate of drug-likeness (QED) is 0.943. The molecule has 0 bridgehead atoms. The van der Waals surface area contributed by atoms with E-state index in [0.29, 0.717) is 24.4 Å². The number of carbonyl (C=O) groups excluding carboxylic acids is 1. The molecule has 1 aliphatic heterocycles. The third-order valence-corrected chi connectivity index (χ3v) is 4.84. The number of hydrogen-bond acceptors (Lipinski definition) is 3. The minimum atomic E-state index is -0.905. The molecule has 1 aliphatic carbocycles. The molecule has 4 rings (SSSR count). The van der Waals surface area contributed by atoms with Crippen molar-refractivity contribution in [2.24, 2.45) is 0 Å². The van der Waals surface area contributed by atoms with Gasteiger partial charge in [0.2, 0.25) is 0 Å². The van der Waals surface area contributed by atoms with E-state index in [1.807, 2.05) is 18.2 Å². The number of carboxylic acids is 1. The highest BCUT2D eigenvalue weighted by molar-refractivity contribution is 6.01. The zero-order valence-corrected chi connectivity index (χ0v) is 12.7. The molecule has 0 saturated carbocycles. The number of rotatable bonds is 3. The number of carboxylic acid groups (broad SMARTS) is 1. The maximum absolute atomic E-state index is 12.1. The second-order valence-corrected chi connectivity index (χ2v) is 6.28. The molecule has 1 N–H and O–H groups in total. The van der Waals surface area contributed by atoms with Gasteiger partial charge in [-0.25, -0.2) is 4.79 Å². The summed E-state index contributed by atoms with van der Waals surface area (Å²) in [5.41, 5.74) is 4.49. The van der Waals surface area contributed by atoms with Crippen molar-refractivity contribution >= 4 is 17.4 Å². The molecule has 0 fully saturated rings. The number of ketones is 1. The molecule has 23 heavy (non-hydrogen) atoms. The molecule has 1 atom stereocenters. The fourth-order valence-corrected chi connectivity index (χ4v) is 3.81. The van der Waals surface area contributed by atoms with Crippen molar-refractivity contribution in [3.8, 4) is 0 Å². The van der Waals surface area contributed by atoms with Crippen LogP contribution in [-0.4, -0.2) is 23.4 Å². The van der Waals surface area contributed by atoms with Crippen molar-refractivity contribution in [3.63, 3.8) is 0 Å². The van der Waals surface area contributed by atoms with Crippen LogP contribution in [0.1, 0.15) is 50.6 Å². The lowest BCUT2D eigenvalue weighted by molar-refractivity contribution is 0.0696. The van der Waals surface area contributed by atoms with Crippen molar-refractivity contribution < 1.29 is 14.7 Å². The van der Waals surface area contributed by atoms with E-state index in [2.05, 4.69) is 11.0 Å². The highest BCUT2D eigenvalue weighted by Gasteiger charge is 2.35. The smallest absolute Gasteiger partial charge is 0.335 e. The van der Waals surface area contributed by atoms with Crippen LogP contribution < -0.4 is 4.90 Å². The fraction of sp³-hybridized carbons (Fsp3) is 0.263. The van der Waals surface area contributed by atoms with Gasteiger partial charge in [0.1, 0.15) is 0 Å². The monoisotopic (exact) mass is 307 g/mol. The molecule has 0 saturated heterocycles. The molecule has 4 heteroatoms. The molecule has 0 spiro atoms. The zero-order valence-electron chi connectivity index (χ0n) is 12.7. The number of Topliss-reactive ketones (excluding diaryl/α,β-unsaturated/α-hetero) is 1. The van der Waals surface area contributed by atoms with Crippen LogP contribution in [-0.2, 0) is 6.54 Å². The Balaban J connectivity index is 1.67. The largest absolute Gasteiger partial charge is 0.478 e. The van der Waals surface area contributed by atoms with E-state index >= 15 is 0 Å². The first-order valence-electron chi connectivity index (χ1n) is 7.87. The molecule has 1 heterocycles. The van der Waals surface area contributed by atoms with Crippen LogP contribution in [0.4, 0.5) is 5.69 Å². The molecule has 2 aromatic carbocycles. The summed E-state index contributed by atoms with van der Waals surface area (Å²) in [6, 6.07) is 13.0. The molecule has 1 unspecified atom stereocenters. The van der Waals surface area contributed by atoms with Crippen LogP contribution in [0.3, 0.4) is 0 Å². The maximum atomic E-state index is 12.1. The minimum Gasteiger partial charge on any atom is -0.478 e. The van der Waals surface area contributed by atoms with Gasteiger partial charge in [0.25, 0.3) is 0 Å². The second-order valence-electron chi connectivity index (χ2n) is 6.28. The van der Waals surface area contributed by atoms with Crippen molar-refractivity contribution in [2.45, 2.75) is 25.3 Å². The number of carbonyl (C=O) groups is 2. The lowest BCUT2D eigenvalue weighted by Crippen LogP contribution is -2.22. The lowest BCUT2D eigenvalue weighted by atomic mass is 9.83. The molecule has 2 aromatic rings. The standard InChI is InChI=1S/C19H17NO3/c21-17-8-7-14-11-20(16-6-2-5-15(17)18(14)16)10-12-3-1-4-13(9-12)19(22)23/h1-6,9,14H,7-8,10-11H2,(H,22,23). The third kappa shape index (κ3) is 2.31. The van der Waals surface area contributed by atoms with E-state index in [1.165, 1.54) is 5.56 Å². The van der Waals surface area contributed by atoms with Gasteiger partial charge in [-0.1, -0.05) is 24.3 Å². The third-order valence-electron chi connectivity index (χ3n) is 4.84. The highest BCUT2D eigenvalue weighted by atomic mass is 16.4. The molecule has 0 amide bonds. The predicted molar refractivity (Wildman–Crippen MR) is 87.2 cm³/mol. The first-order valence-corrected chi connectivity index (χ1v) is 7.87. The summed E-state index contributed by atoms with van der Waals surface area (Å²) in [6.45, 7) is 1.57. The van der Waals surface area contributed by atoms with E-state index < -0.39 is 5.97 Å². The lowest BCUT2D eigenvalue weighted by Gasteiger charge is -2.20. The summed E-state index contributed by atoms with van der Waals surface area (Å²) in [7, 11) is 0. The fourth-order valence-electron chi connectivity index (χ4n) is 3.81. The van der Waals surface area contributed by atoms with Crippen molar-refractivity contribution in [3.05, 3.63) is 64.7 Å². The molecule has 116 valence electrons. The van der Waals surface area contributed by atoms with Crippen LogP contribution in [0, 0.1) is 0 Å². The van der Waals surface area contributed by atoms with Crippen molar-refractivity contribution in [2.75, 3.05) is 11.4 Å². The summed E-state index contributed by atoms with van der Waals surface area (Å²) in [4.78, 5) is 25.5.